The zero-order valence-corrected chi connectivity index (χ0v) is 6.84. The second-order valence-electron chi connectivity index (χ2n) is 3.61. The molecular weight excluding hydrogens is 137 g/mol. The van der Waals surface area contributed by atoms with Crippen LogP contribution in [0, 0.1) is 0 Å². The Hall–Kier alpha value is -0.725. The van der Waals surface area contributed by atoms with Crippen LogP contribution in [0.5, 0.6) is 0 Å². The first kappa shape index (κ1) is 6.95. The fourth-order valence-electron chi connectivity index (χ4n) is 1.89. The summed E-state index contributed by atoms with van der Waals surface area (Å²) in [6.45, 7) is 0. The van der Waals surface area contributed by atoms with Crippen molar-refractivity contribution in [1.82, 2.24) is 4.98 Å². The first-order valence-electron chi connectivity index (χ1n) is 4.21. The van der Waals surface area contributed by atoms with Crippen LogP contribution in [0.25, 0.3) is 0 Å². The smallest absolute Gasteiger partial charge is 0.191 e. The van der Waals surface area contributed by atoms with Gasteiger partial charge in [0.15, 0.2) is 5.89 Å². The topological polar surface area (TPSA) is 26.0 Å². The van der Waals surface area contributed by atoms with Crippen LogP contribution in [0.2, 0.25) is 0 Å². The fourth-order valence-corrected chi connectivity index (χ4v) is 1.89. The standard InChI is InChI=1S/C8H12BNO/c9-8(3-1-2-4-8)7-10-5-6-11-7/h5-6H,1-4,9H2. The molecule has 0 radical (unpaired) electrons. The fraction of sp³-hybridized carbons (Fsp3) is 0.625. The van der Waals surface area contributed by atoms with Gasteiger partial charge in [-0.15, -0.1) is 0 Å². The van der Waals surface area contributed by atoms with Crippen LogP contribution in [-0.2, 0) is 5.31 Å². The van der Waals surface area contributed by atoms with Gasteiger partial charge in [0.25, 0.3) is 0 Å². The molecule has 1 aromatic heterocycles. The highest BCUT2D eigenvalue weighted by Gasteiger charge is 2.34. The molecule has 2 rings (SSSR count). The minimum atomic E-state index is 0.240. The molecular formula is C8H12BNO. The molecule has 0 N–H and O–H groups in total. The van der Waals surface area contributed by atoms with Gasteiger partial charge in [-0.2, -0.15) is 0 Å². The van der Waals surface area contributed by atoms with Crippen molar-refractivity contribution in [3.63, 3.8) is 0 Å². The number of hydrogen-bond donors (Lipinski definition) is 0. The first-order chi connectivity index (χ1) is 5.31. The number of aromatic nitrogens is 1. The molecule has 0 spiro atoms. The minimum Gasteiger partial charge on any atom is -0.449 e. The summed E-state index contributed by atoms with van der Waals surface area (Å²) in [4.78, 5) is 4.20. The van der Waals surface area contributed by atoms with E-state index in [1.165, 1.54) is 25.7 Å². The molecule has 0 amide bonds. The van der Waals surface area contributed by atoms with Gasteiger partial charge in [0, 0.05) is 5.31 Å². The molecule has 1 aliphatic carbocycles. The quantitative estimate of drug-likeness (QED) is 0.558. The molecule has 58 valence electrons. The highest BCUT2D eigenvalue weighted by Crippen LogP contribution is 2.36. The normalized spacial score (nSPS) is 22.2. The monoisotopic (exact) mass is 149 g/mol. The van der Waals surface area contributed by atoms with E-state index < -0.39 is 0 Å². The summed E-state index contributed by atoms with van der Waals surface area (Å²) in [7, 11) is 2.24. The summed E-state index contributed by atoms with van der Waals surface area (Å²) in [6, 6.07) is 0. The lowest BCUT2D eigenvalue weighted by atomic mass is 9.67. The second kappa shape index (κ2) is 2.40. The van der Waals surface area contributed by atoms with E-state index in [9.17, 15) is 0 Å². The Kier molecular flexibility index (Phi) is 1.52. The van der Waals surface area contributed by atoms with Crippen molar-refractivity contribution >= 4 is 7.85 Å². The average molecular weight is 149 g/mol. The maximum atomic E-state index is 5.31. The summed E-state index contributed by atoms with van der Waals surface area (Å²) in [5, 5.41) is 0.240. The highest BCUT2D eigenvalue weighted by molar-refractivity contribution is 6.15. The Morgan fingerprint density at radius 2 is 2.18 bits per heavy atom. The van der Waals surface area contributed by atoms with Crippen LogP contribution in [0.3, 0.4) is 0 Å². The molecule has 0 atom stereocenters. The number of nitrogens with zero attached hydrogens (tertiary/aromatic N) is 1. The molecule has 1 saturated carbocycles. The van der Waals surface area contributed by atoms with E-state index in [0.29, 0.717) is 0 Å². The number of rotatable bonds is 1. The van der Waals surface area contributed by atoms with E-state index in [0.717, 1.165) is 5.89 Å². The Balaban J connectivity index is 2.27. The van der Waals surface area contributed by atoms with E-state index in [1.807, 2.05) is 0 Å². The molecule has 1 heterocycles. The van der Waals surface area contributed by atoms with Crippen LogP contribution >= 0.6 is 0 Å². The Labute approximate surface area is 67.4 Å². The van der Waals surface area contributed by atoms with E-state index in [4.69, 9.17) is 4.42 Å². The van der Waals surface area contributed by atoms with Crippen molar-refractivity contribution in [2.45, 2.75) is 31.0 Å². The summed E-state index contributed by atoms with van der Waals surface area (Å²) in [6.07, 6.45) is 8.50. The lowest BCUT2D eigenvalue weighted by Crippen LogP contribution is -2.22. The van der Waals surface area contributed by atoms with Crippen molar-refractivity contribution in [2.24, 2.45) is 0 Å². The molecule has 1 aliphatic rings. The van der Waals surface area contributed by atoms with Gasteiger partial charge < -0.3 is 4.42 Å². The van der Waals surface area contributed by atoms with E-state index in [1.54, 1.807) is 12.5 Å². The predicted molar refractivity (Wildman–Crippen MR) is 45.2 cm³/mol. The Morgan fingerprint density at radius 3 is 2.73 bits per heavy atom. The van der Waals surface area contributed by atoms with Gasteiger partial charge in [0.2, 0.25) is 0 Å². The zero-order valence-electron chi connectivity index (χ0n) is 6.84. The molecule has 1 fully saturated rings. The lowest BCUT2D eigenvalue weighted by Gasteiger charge is -2.17. The summed E-state index contributed by atoms with van der Waals surface area (Å²) in [5.41, 5.74) is 0. The maximum Gasteiger partial charge on any atom is 0.191 e. The maximum absolute atomic E-state index is 5.31. The van der Waals surface area contributed by atoms with Gasteiger partial charge in [-0.3, -0.25) is 0 Å². The molecule has 1 aromatic rings. The van der Waals surface area contributed by atoms with Crippen molar-refractivity contribution < 1.29 is 4.42 Å². The molecule has 0 bridgehead atoms. The average Bonchev–Trinajstić information content (AvgIpc) is 2.55. The second-order valence-corrected chi connectivity index (χ2v) is 3.61. The summed E-state index contributed by atoms with van der Waals surface area (Å²) >= 11 is 0. The third-order valence-electron chi connectivity index (χ3n) is 2.66. The van der Waals surface area contributed by atoms with Gasteiger partial charge in [-0.1, -0.05) is 12.8 Å². The van der Waals surface area contributed by atoms with Crippen LogP contribution < -0.4 is 0 Å². The Bertz CT molecular complexity index is 226. The van der Waals surface area contributed by atoms with E-state index >= 15 is 0 Å². The molecule has 0 aromatic carbocycles. The summed E-state index contributed by atoms with van der Waals surface area (Å²) < 4.78 is 5.31. The van der Waals surface area contributed by atoms with Crippen molar-refractivity contribution in [3.8, 4) is 0 Å². The van der Waals surface area contributed by atoms with Crippen LogP contribution in [0.4, 0.5) is 0 Å². The van der Waals surface area contributed by atoms with Gasteiger partial charge in [0.1, 0.15) is 14.1 Å². The van der Waals surface area contributed by atoms with E-state index in [2.05, 4.69) is 12.8 Å². The van der Waals surface area contributed by atoms with Gasteiger partial charge in [0.05, 0.1) is 6.20 Å². The molecule has 0 saturated heterocycles. The van der Waals surface area contributed by atoms with Gasteiger partial charge >= 0.3 is 0 Å². The zero-order chi connectivity index (χ0) is 7.73. The van der Waals surface area contributed by atoms with Gasteiger partial charge in [-0.05, 0) is 12.8 Å². The van der Waals surface area contributed by atoms with Crippen molar-refractivity contribution in [3.05, 3.63) is 18.4 Å². The summed E-state index contributed by atoms with van der Waals surface area (Å²) in [5.74, 6) is 0.926. The highest BCUT2D eigenvalue weighted by atomic mass is 16.3. The SMILES string of the molecule is BC1(c2ncco2)CCCC1. The third kappa shape index (κ3) is 1.08. The lowest BCUT2D eigenvalue weighted by molar-refractivity contribution is 0.417. The first-order valence-corrected chi connectivity index (χ1v) is 4.21. The third-order valence-corrected chi connectivity index (χ3v) is 2.66. The number of hydrogen-bond acceptors (Lipinski definition) is 2. The molecule has 2 nitrogen and oxygen atoms in total. The van der Waals surface area contributed by atoms with Crippen molar-refractivity contribution in [1.29, 1.82) is 0 Å². The molecule has 11 heavy (non-hydrogen) atoms. The van der Waals surface area contributed by atoms with Crippen molar-refractivity contribution in [2.75, 3.05) is 0 Å². The largest absolute Gasteiger partial charge is 0.449 e. The van der Waals surface area contributed by atoms with E-state index in [-0.39, 0.29) is 5.31 Å². The molecule has 0 aliphatic heterocycles. The molecule has 3 heteroatoms. The predicted octanol–water partition coefficient (Wildman–Crippen LogP) is 1.08. The van der Waals surface area contributed by atoms with Crippen LogP contribution in [0.1, 0.15) is 31.6 Å². The van der Waals surface area contributed by atoms with Gasteiger partial charge in [-0.25, -0.2) is 4.98 Å². The minimum absolute atomic E-state index is 0.240. The molecule has 0 unspecified atom stereocenters. The number of oxazole rings is 1. The van der Waals surface area contributed by atoms with Crippen LogP contribution in [0.15, 0.2) is 16.9 Å². The van der Waals surface area contributed by atoms with Crippen LogP contribution in [-0.4, -0.2) is 12.8 Å². The Morgan fingerprint density at radius 1 is 1.45 bits per heavy atom.